The third-order valence-corrected chi connectivity index (χ3v) is 3.66. The van der Waals surface area contributed by atoms with E-state index in [0.29, 0.717) is 23.1 Å². The Morgan fingerprint density at radius 3 is 2.59 bits per heavy atom. The molecule has 3 rings (SSSR count). The second-order valence-corrected chi connectivity index (χ2v) is 5.44. The van der Waals surface area contributed by atoms with Crippen LogP contribution < -0.4 is 5.32 Å². The van der Waals surface area contributed by atoms with Crippen LogP contribution in [0.5, 0.6) is 0 Å². The van der Waals surface area contributed by atoms with Gasteiger partial charge in [0.15, 0.2) is 5.82 Å². The van der Waals surface area contributed by atoms with Crippen LogP contribution >= 0.6 is 0 Å². The second-order valence-electron chi connectivity index (χ2n) is 5.44. The number of hydrogen-bond acceptors (Lipinski definition) is 6. The summed E-state index contributed by atoms with van der Waals surface area (Å²) < 4.78 is 4.99. The van der Waals surface area contributed by atoms with Gasteiger partial charge in [-0.15, -0.1) is 0 Å². The molecule has 2 aromatic rings. The van der Waals surface area contributed by atoms with Gasteiger partial charge in [0.25, 0.3) is 5.91 Å². The number of aryl methyl sites for hydroxylation is 1. The number of carbonyl (C=O) groups is 1. The summed E-state index contributed by atoms with van der Waals surface area (Å²) in [6.07, 6.45) is 5.87. The zero-order valence-corrected chi connectivity index (χ0v) is 12.6. The van der Waals surface area contributed by atoms with Crippen molar-refractivity contribution in [3.8, 4) is 0 Å². The fourth-order valence-corrected chi connectivity index (χ4v) is 2.53. The molecule has 22 heavy (non-hydrogen) atoms. The Morgan fingerprint density at radius 1 is 1.14 bits per heavy atom. The molecule has 0 unspecified atom stereocenters. The summed E-state index contributed by atoms with van der Waals surface area (Å²) in [4.78, 5) is 22.6. The van der Waals surface area contributed by atoms with E-state index < -0.39 is 0 Å². The van der Waals surface area contributed by atoms with Gasteiger partial charge in [-0.3, -0.25) is 4.79 Å². The molecular weight excluding hydrogens is 282 g/mol. The van der Waals surface area contributed by atoms with Crippen molar-refractivity contribution in [3.63, 3.8) is 0 Å². The van der Waals surface area contributed by atoms with Crippen molar-refractivity contribution in [2.75, 3.05) is 18.4 Å². The van der Waals surface area contributed by atoms with E-state index in [1.165, 1.54) is 19.2 Å². The number of rotatable bonds is 3. The van der Waals surface area contributed by atoms with Gasteiger partial charge in [-0.05, 0) is 19.8 Å². The molecular formula is C15H19N5O2. The lowest BCUT2D eigenvalue weighted by molar-refractivity contribution is 0.0755. The Bertz CT molecular complexity index is 647. The Balaban J connectivity index is 1.73. The first-order chi connectivity index (χ1) is 10.7. The lowest BCUT2D eigenvalue weighted by Gasteiger charge is -2.19. The van der Waals surface area contributed by atoms with E-state index in [2.05, 4.69) is 20.4 Å². The molecule has 0 aromatic carbocycles. The molecule has 0 radical (unpaired) electrons. The molecule has 1 saturated heterocycles. The van der Waals surface area contributed by atoms with Gasteiger partial charge in [0.05, 0.1) is 0 Å². The summed E-state index contributed by atoms with van der Waals surface area (Å²) in [6.45, 7) is 3.41. The van der Waals surface area contributed by atoms with Crippen LogP contribution in [-0.2, 0) is 0 Å². The Kier molecular flexibility index (Phi) is 4.32. The molecule has 2 aromatic heterocycles. The van der Waals surface area contributed by atoms with Gasteiger partial charge in [0, 0.05) is 25.2 Å². The van der Waals surface area contributed by atoms with Gasteiger partial charge in [0.1, 0.15) is 23.6 Å². The van der Waals surface area contributed by atoms with Gasteiger partial charge < -0.3 is 14.7 Å². The maximum Gasteiger partial charge on any atom is 0.272 e. The van der Waals surface area contributed by atoms with E-state index in [1.807, 2.05) is 11.8 Å². The average molecular weight is 301 g/mol. The number of hydrogen-bond donors (Lipinski definition) is 1. The number of anilines is 2. The monoisotopic (exact) mass is 301 g/mol. The largest absolute Gasteiger partial charge is 0.360 e. The lowest BCUT2D eigenvalue weighted by atomic mass is 10.2. The number of carbonyl (C=O) groups excluding carboxylic acids is 1. The van der Waals surface area contributed by atoms with Crippen LogP contribution in [0.1, 0.15) is 41.9 Å². The molecule has 1 aliphatic rings. The van der Waals surface area contributed by atoms with Crippen LogP contribution in [0.15, 0.2) is 23.0 Å². The van der Waals surface area contributed by atoms with Crippen LogP contribution in [0.2, 0.25) is 0 Å². The van der Waals surface area contributed by atoms with Gasteiger partial charge in [-0.1, -0.05) is 18.0 Å². The third kappa shape index (κ3) is 3.41. The van der Waals surface area contributed by atoms with E-state index in [1.54, 1.807) is 12.1 Å². The summed E-state index contributed by atoms with van der Waals surface area (Å²) in [5.41, 5.74) is 0.402. The summed E-state index contributed by atoms with van der Waals surface area (Å²) in [6, 6.07) is 3.41. The molecule has 1 N–H and O–H groups in total. The third-order valence-electron chi connectivity index (χ3n) is 3.66. The zero-order valence-electron chi connectivity index (χ0n) is 12.6. The molecule has 0 aliphatic carbocycles. The Morgan fingerprint density at radius 2 is 1.91 bits per heavy atom. The van der Waals surface area contributed by atoms with E-state index in [-0.39, 0.29) is 5.91 Å². The van der Waals surface area contributed by atoms with Crippen molar-refractivity contribution in [2.24, 2.45) is 0 Å². The molecule has 1 fully saturated rings. The quantitative estimate of drug-likeness (QED) is 0.937. The van der Waals surface area contributed by atoms with Crippen molar-refractivity contribution < 1.29 is 9.32 Å². The highest BCUT2D eigenvalue weighted by atomic mass is 16.5. The maximum absolute atomic E-state index is 12.5. The summed E-state index contributed by atoms with van der Waals surface area (Å²) >= 11 is 0. The topological polar surface area (TPSA) is 84.2 Å². The molecule has 0 bridgehead atoms. The molecule has 7 heteroatoms. The van der Waals surface area contributed by atoms with Crippen molar-refractivity contribution in [3.05, 3.63) is 29.9 Å². The van der Waals surface area contributed by atoms with Crippen LogP contribution in [0.4, 0.5) is 11.6 Å². The van der Waals surface area contributed by atoms with Crippen LogP contribution in [0.3, 0.4) is 0 Å². The second kappa shape index (κ2) is 6.55. The maximum atomic E-state index is 12.5. The predicted molar refractivity (Wildman–Crippen MR) is 80.9 cm³/mol. The van der Waals surface area contributed by atoms with Gasteiger partial charge >= 0.3 is 0 Å². The number of aromatic nitrogens is 3. The summed E-state index contributed by atoms with van der Waals surface area (Å²) in [5.74, 6) is 1.76. The predicted octanol–water partition coefficient (Wildman–Crippen LogP) is 2.53. The molecule has 0 atom stereocenters. The van der Waals surface area contributed by atoms with Crippen LogP contribution in [0.25, 0.3) is 0 Å². The fourth-order valence-electron chi connectivity index (χ4n) is 2.53. The highest BCUT2D eigenvalue weighted by Gasteiger charge is 2.19. The van der Waals surface area contributed by atoms with E-state index >= 15 is 0 Å². The van der Waals surface area contributed by atoms with Crippen molar-refractivity contribution in [2.45, 2.75) is 32.6 Å². The SMILES string of the molecule is Cc1cc(Nc2cc(C(=O)N3CCCCCC3)ncn2)no1. The number of likely N-dealkylation sites (tertiary alicyclic amines) is 1. The van der Waals surface area contributed by atoms with E-state index in [4.69, 9.17) is 4.52 Å². The first-order valence-electron chi connectivity index (χ1n) is 7.54. The van der Waals surface area contributed by atoms with Crippen molar-refractivity contribution in [1.29, 1.82) is 0 Å². The lowest BCUT2D eigenvalue weighted by Crippen LogP contribution is -2.32. The number of nitrogens with zero attached hydrogens (tertiary/aromatic N) is 4. The van der Waals surface area contributed by atoms with E-state index in [9.17, 15) is 4.79 Å². The summed E-state index contributed by atoms with van der Waals surface area (Å²) in [5, 5.41) is 6.85. The van der Waals surface area contributed by atoms with Gasteiger partial charge in [0.2, 0.25) is 0 Å². The molecule has 0 saturated carbocycles. The summed E-state index contributed by atoms with van der Waals surface area (Å²) in [7, 11) is 0. The Labute approximate surface area is 128 Å². The first-order valence-corrected chi connectivity index (χ1v) is 7.54. The highest BCUT2D eigenvalue weighted by Crippen LogP contribution is 2.16. The molecule has 116 valence electrons. The van der Waals surface area contributed by atoms with Gasteiger partial charge in [-0.25, -0.2) is 9.97 Å². The van der Waals surface area contributed by atoms with Crippen molar-refractivity contribution in [1.82, 2.24) is 20.0 Å². The minimum atomic E-state index is -0.0383. The minimum absolute atomic E-state index is 0.0383. The molecule has 1 amide bonds. The standard InChI is InChI=1S/C15H19N5O2/c1-11-8-14(19-22-11)18-13-9-12(16-10-17-13)15(21)20-6-4-2-3-5-7-20/h8-10H,2-7H2,1H3,(H,16,17,18,19). The smallest absolute Gasteiger partial charge is 0.272 e. The minimum Gasteiger partial charge on any atom is -0.360 e. The highest BCUT2D eigenvalue weighted by molar-refractivity contribution is 5.93. The number of nitrogens with one attached hydrogen (secondary N) is 1. The van der Waals surface area contributed by atoms with Crippen molar-refractivity contribution >= 4 is 17.5 Å². The van der Waals surface area contributed by atoms with Crippen LogP contribution in [0, 0.1) is 6.92 Å². The Hall–Kier alpha value is -2.44. The molecule has 7 nitrogen and oxygen atoms in total. The molecule has 1 aliphatic heterocycles. The number of amides is 1. The van der Waals surface area contributed by atoms with E-state index in [0.717, 1.165) is 25.9 Å². The molecule has 0 spiro atoms. The van der Waals surface area contributed by atoms with Crippen LogP contribution in [-0.4, -0.2) is 39.0 Å². The average Bonchev–Trinajstić information content (AvgIpc) is 2.78. The van der Waals surface area contributed by atoms with Gasteiger partial charge in [-0.2, -0.15) is 0 Å². The fraction of sp³-hybridized carbons (Fsp3) is 0.467. The normalized spacial score (nSPS) is 15.4. The zero-order chi connectivity index (χ0) is 15.4. The molecule has 3 heterocycles. The first kappa shape index (κ1) is 14.5.